The van der Waals surface area contributed by atoms with Crippen LogP contribution in [0, 0.1) is 5.41 Å². The van der Waals surface area contributed by atoms with Gasteiger partial charge >= 0.3 is 0 Å². The highest BCUT2D eigenvalue weighted by Crippen LogP contribution is 2.58. The second-order valence-electron chi connectivity index (χ2n) is 5.72. The summed E-state index contributed by atoms with van der Waals surface area (Å²) >= 11 is 0. The molecule has 1 aliphatic heterocycles. The first-order valence-electron chi connectivity index (χ1n) is 6.68. The molecule has 0 aromatic heterocycles. The van der Waals surface area contributed by atoms with E-state index in [9.17, 15) is 5.11 Å². The van der Waals surface area contributed by atoms with Crippen LogP contribution >= 0.6 is 0 Å². The van der Waals surface area contributed by atoms with Crippen LogP contribution in [0.1, 0.15) is 30.0 Å². The van der Waals surface area contributed by atoms with Crippen molar-refractivity contribution in [3.05, 3.63) is 29.3 Å². The molecule has 0 amide bonds. The van der Waals surface area contributed by atoms with Gasteiger partial charge in [-0.2, -0.15) is 0 Å². The minimum atomic E-state index is 0.110. The molecule has 1 saturated carbocycles. The standard InChI is InChI=1S/C15H21NO2/c1-16-8-5-11-9-12(18-2)3-4-13(11)14(16)15(10-17)6-7-15/h3-4,9,14,17H,5-8,10H2,1-2H3. The maximum Gasteiger partial charge on any atom is 0.119 e. The van der Waals surface area contributed by atoms with E-state index >= 15 is 0 Å². The van der Waals surface area contributed by atoms with Gasteiger partial charge in [0.2, 0.25) is 0 Å². The molecule has 1 aromatic rings. The number of nitrogens with zero attached hydrogens (tertiary/aromatic N) is 1. The third-order valence-corrected chi connectivity index (χ3v) is 4.61. The second kappa shape index (κ2) is 4.25. The molecule has 0 saturated heterocycles. The Hall–Kier alpha value is -1.06. The predicted molar refractivity (Wildman–Crippen MR) is 70.8 cm³/mol. The Morgan fingerprint density at radius 1 is 1.44 bits per heavy atom. The van der Waals surface area contributed by atoms with Crippen LogP contribution in [-0.2, 0) is 6.42 Å². The molecular weight excluding hydrogens is 226 g/mol. The molecule has 2 aliphatic rings. The van der Waals surface area contributed by atoms with E-state index in [0.29, 0.717) is 12.6 Å². The monoisotopic (exact) mass is 247 g/mol. The summed E-state index contributed by atoms with van der Waals surface area (Å²) in [5.41, 5.74) is 2.88. The van der Waals surface area contributed by atoms with Crippen LogP contribution < -0.4 is 4.74 Å². The molecule has 3 rings (SSSR count). The molecule has 0 bridgehead atoms. The Morgan fingerprint density at radius 2 is 2.22 bits per heavy atom. The smallest absolute Gasteiger partial charge is 0.119 e. The number of hydrogen-bond donors (Lipinski definition) is 1. The molecule has 1 fully saturated rings. The van der Waals surface area contributed by atoms with Crippen LogP contribution in [0.25, 0.3) is 0 Å². The van der Waals surface area contributed by atoms with Gasteiger partial charge in [0.05, 0.1) is 13.7 Å². The molecule has 0 spiro atoms. The lowest BCUT2D eigenvalue weighted by Crippen LogP contribution is -2.38. The van der Waals surface area contributed by atoms with Crippen LogP contribution in [0.3, 0.4) is 0 Å². The number of benzene rings is 1. The van der Waals surface area contributed by atoms with Crippen molar-refractivity contribution in [1.82, 2.24) is 4.90 Å². The molecule has 18 heavy (non-hydrogen) atoms. The number of hydrogen-bond acceptors (Lipinski definition) is 3. The molecule has 3 nitrogen and oxygen atoms in total. The van der Waals surface area contributed by atoms with Gasteiger partial charge in [-0.3, -0.25) is 4.90 Å². The van der Waals surface area contributed by atoms with Crippen molar-refractivity contribution in [2.24, 2.45) is 5.41 Å². The van der Waals surface area contributed by atoms with Crippen molar-refractivity contribution in [3.8, 4) is 5.75 Å². The Kier molecular flexibility index (Phi) is 2.83. The molecule has 1 aromatic carbocycles. The van der Waals surface area contributed by atoms with E-state index in [0.717, 1.165) is 31.6 Å². The molecule has 1 atom stereocenters. The predicted octanol–water partition coefficient (Wildman–Crippen LogP) is 2.00. The Labute approximate surface area is 108 Å². The van der Waals surface area contributed by atoms with Gasteiger partial charge in [0.15, 0.2) is 0 Å². The lowest BCUT2D eigenvalue weighted by atomic mass is 9.83. The summed E-state index contributed by atoms with van der Waals surface area (Å²) in [4.78, 5) is 2.40. The van der Waals surface area contributed by atoms with Crippen molar-refractivity contribution in [2.45, 2.75) is 25.3 Å². The summed E-state index contributed by atoms with van der Waals surface area (Å²) in [5, 5.41) is 9.70. The van der Waals surface area contributed by atoms with Gasteiger partial charge in [0.1, 0.15) is 5.75 Å². The minimum Gasteiger partial charge on any atom is -0.497 e. The van der Waals surface area contributed by atoms with Crippen LogP contribution in [0.5, 0.6) is 5.75 Å². The fraction of sp³-hybridized carbons (Fsp3) is 0.600. The fourth-order valence-corrected chi connectivity index (χ4v) is 3.33. The van der Waals surface area contributed by atoms with E-state index < -0.39 is 0 Å². The maximum absolute atomic E-state index is 9.70. The minimum absolute atomic E-state index is 0.110. The van der Waals surface area contributed by atoms with E-state index in [-0.39, 0.29) is 5.41 Å². The first kappa shape index (κ1) is 12.0. The van der Waals surface area contributed by atoms with Gasteiger partial charge in [-0.25, -0.2) is 0 Å². The first-order valence-corrected chi connectivity index (χ1v) is 6.68. The van der Waals surface area contributed by atoms with Crippen LogP contribution in [0.4, 0.5) is 0 Å². The van der Waals surface area contributed by atoms with Crippen molar-refractivity contribution in [2.75, 3.05) is 27.3 Å². The average molecular weight is 247 g/mol. The van der Waals surface area contributed by atoms with Crippen molar-refractivity contribution < 1.29 is 9.84 Å². The highest BCUT2D eigenvalue weighted by molar-refractivity contribution is 5.41. The van der Waals surface area contributed by atoms with Gasteiger partial charge in [-0.05, 0) is 49.6 Å². The van der Waals surface area contributed by atoms with Crippen molar-refractivity contribution in [3.63, 3.8) is 0 Å². The second-order valence-corrected chi connectivity index (χ2v) is 5.72. The average Bonchev–Trinajstić information content (AvgIpc) is 3.19. The zero-order chi connectivity index (χ0) is 12.8. The van der Waals surface area contributed by atoms with Gasteiger partial charge in [-0.15, -0.1) is 0 Å². The summed E-state index contributed by atoms with van der Waals surface area (Å²) in [6.45, 7) is 1.36. The van der Waals surface area contributed by atoms with E-state index in [2.05, 4.69) is 24.1 Å². The highest BCUT2D eigenvalue weighted by Gasteiger charge is 2.52. The van der Waals surface area contributed by atoms with E-state index in [1.165, 1.54) is 11.1 Å². The number of aliphatic hydroxyl groups is 1. The van der Waals surface area contributed by atoms with Crippen LogP contribution in [0.15, 0.2) is 18.2 Å². The largest absolute Gasteiger partial charge is 0.497 e. The number of rotatable bonds is 3. The van der Waals surface area contributed by atoms with Crippen molar-refractivity contribution >= 4 is 0 Å². The topological polar surface area (TPSA) is 32.7 Å². The summed E-state index contributed by atoms with van der Waals surface area (Å²) in [5.74, 6) is 0.936. The van der Waals surface area contributed by atoms with E-state index in [1.807, 2.05) is 6.07 Å². The van der Waals surface area contributed by atoms with Crippen LogP contribution in [-0.4, -0.2) is 37.3 Å². The van der Waals surface area contributed by atoms with Gasteiger partial charge in [0, 0.05) is 18.0 Å². The summed E-state index contributed by atoms with van der Waals surface area (Å²) in [7, 11) is 3.89. The summed E-state index contributed by atoms with van der Waals surface area (Å²) in [6, 6.07) is 6.75. The summed E-state index contributed by atoms with van der Waals surface area (Å²) in [6.07, 6.45) is 3.36. The maximum atomic E-state index is 9.70. The van der Waals surface area contributed by atoms with E-state index in [4.69, 9.17) is 4.74 Å². The third kappa shape index (κ3) is 1.73. The molecule has 1 unspecified atom stereocenters. The zero-order valence-corrected chi connectivity index (χ0v) is 11.1. The number of likely N-dealkylation sites (N-methyl/N-ethyl adjacent to an activating group) is 1. The van der Waals surface area contributed by atoms with Crippen LogP contribution in [0.2, 0.25) is 0 Å². The number of aliphatic hydroxyl groups excluding tert-OH is 1. The normalized spacial score (nSPS) is 25.6. The molecule has 1 heterocycles. The molecule has 1 aliphatic carbocycles. The number of methoxy groups -OCH3 is 1. The first-order chi connectivity index (χ1) is 8.70. The molecule has 0 radical (unpaired) electrons. The number of fused-ring (bicyclic) bond motifs is 1. The molecule has 1 N–H and O–H groups in total. The fourth-order valence-electron chi connectivity index (χ4n) is 3.33. The summed E-state index contributed by atoms with van der Waals surface area (Å²) < 4.78 is 5.31. The zero-order valence-electron chi connectivity index (χ0n) is 11.1. The SMILES string of the molecule is COc1ccc2c(c1)CCN(C)C2C1(CO)CC1. The Morgan fingerprint density at radius 3 is 2.83 bits per heavy atom. The van der Waals surface area contributed by atoms with E-state index in [1.54, 1.807) is 7.11 Å². The highest BCUT2D eigenvalue weighted by atomic mass is 16.5. The Balaban J connectivity index is 2.01. The Bertz CT molecular complexity index is 454. The molecular formula is C15H21NO2. The van der Waals surface area contributed by atoms with Gasteiger partial charge in [0.25, 0.3) is 0 Å². The third-order valence-electron chi connectivity index (χ3n) is 4.61. The lowest BCUT2D eigenvalue weighted by Gasteiger charge is -2.39. The number of ether oxygens (including phenoxy) is 1. The molecule has 3 heteroatoms. The van der Waals surface area contributed by atoms with Gasteiger partial charge in [-0.1, -0.05) is 6.07 Å². The van der Waals surface area contributed by atoms with Gasteiger partial charge < -0.3 is 9.84 Å². The lowest BCUT2D eigenvalue weighted by molar-refractivity contribution is 0.0918. The quantitative estimate of drug-likeness (QED) is 0.886. The van der Waals surface area contributed by atoms with Crippen molar-refractivity contribution in [1.29, 1.82) is 0 Å². The molecule has 98 valence electrons.